The molecule has 0 spiro atoms. The number of likely N-dealkylation sites (N-methyl/N-ethyl adjacent to an activating group) is 1. The first-order chi connectivity index (χ1) is 13.8. The molecule has 0 radical (unpaired) electrons. The van der Waals surface area contributed by atoms with Gasteiger partial charge in [-0.25, -0.2) is 8.42 Å². The van der Waals surface area contributed by atoms with Crippen molar-refractivity contribution in [2.45, 2.75) is 49.3 Å². The van der Waals surface area contributed by atoms with E-state index in [2.05, 4.69) is 0 Å². The molecule has 1 N–H and O–H groups in total. The number of carbonyl (C=O) groups is 1. The number of aliphatic hydroxyl groups excluding tert-OH is 1. The van der Waals surface area contributed by atoms with Crippen LogP contribution in [0.1, 0.15) is 41.6 Å². The normalized spacial score (nSPS) is 19.9. The van der Waals surface area contributed by atoms with Gasteiger partial charge in [-0.1, -0.05) is 43.2 Å². The minimum atomic E-state index is -3.57. The van der Waals surface area contributed by atoms with Crippen LogP contribution in [-0.2, 0) is 16.6 Å². The Balaban J connectivity index is 1.67. The van der Waals surface area contributed by atoms with Gasteiger partial charge in [0.2, 0.25) is 10.0 Å². The van der Waals surface area contributed by atoms with Crippen molar-refractivity contribution in [2.24, 2.45) is 0 Å². The third kappa shape index (κ3) is 4.86. The first-order valence-corrected chi connectivity index (χ1v) is 11.3. The fourth-order valence-electron chi connectivity index (χ4n) is 3.76. The minimum Gasteiger partial charge on any atom is -0.391 e. The van der Waals surface area contributed by atoms with Crippen LogP contribution in [0.15, 0.2) is 59.5 Å². The van der Waals surface area contributed by atoms with Gasteiger partial charge in [0.25, 0.3) is 5.91 Å². The van der Waals surface area contributed by atoms with Crippen LogP contribution >= 0.6 is 0 Å². The van der Waals surface area contributed by atoms with E-state index in [4.69, 9.17) is 0 Å². The number of carbonyl (C=O) groups excluding carboxylic acids is 1. The Kier molecular flexibility index (Phi) is 6.72. The van der Waals surface area contributed by atoms with Gasteiger partial charge in [-0.15, -0.1) is 0 Å². The standard InChI is InChI=1S/C22H28N2O4S/c1-23(29(27,28)19-8-4-3-5-9-19)16-17-12-14-18(15-13-17)22(26)24(2)20-10-6-7-11-21(20)25/h3-5,8-9,12-15,20-21,25H,6-7,10-11,16H2,1-2H3/t20-,21+/m1/s1. The molecule has 6 nitrogen and oxygen atoms in total. The highest BCUT2D eigenvalue weighted by Gasteiger charge is 2.29. The van der Waals surface area contributed by atoms with Gasteiger partial charge in [0, 0.05) is 26.2 Å². The number of aliphatic hydroxyl groups is 1. The van der Waals surface area contributed by atoms with Gasteiger partial charge in [0.1, 0.15) is 0 Å². The molecule has 1 saturated carbocycles. The zero-order valence-corrected chi connectivity index (χ0v) is 17.7. The zero-order valence-electron chi connectivity index (χ0n) is 16.9. The maximum Gasteiger partial charge on any atom is 0.253 e. The van der Waals surface area contributed by atoms with Crippen LogP contribution in [-0.4, -0.2) is 54.9 Å². The van der Waals surface area contributed by atoms with E-state index in [1.807, 2.05) is 0 Å². The van der Waals surface area contributed by atoms with Crippen molar-refractivity contribution in [2.75, 3.05) is 14.1 Å². The molecule has 3 rings (SSSR count). The highest BCUT2D eigenvalue weighted by Crippen LogP contribution is 2.24. The fourth-order valence-corrected chi connectivity index (χ4v) is 4.94. The third-order valence-electron chi connectivity index (χ3n) is 5.57. The Bertz CT molecular complexity index is 929. The number of amides is 1. The summed E-state index contributed by atoms with van der Waals surface area (Å²) in [5, 5.41) is 10.2. The molecule has 0 aliphatic heterocycles. The molecule has 0 unspecified atom stereocenters. The van der Waals surface area contributed by atoms with Crippen molar-refractivity contribution in [1.29, 1.82) is 0 Å². The summed E-state index contributed by atoms with van der Waals surface area (Å²) in [5.74, 6) is -0.132. The van der Waals surface area contributed by atoms with Crippen LogP contribution < -0.4 is 0 Å². The van der Waals surface area contributed by atoms with Gasteiger partial charge in [-0.2, -0.15) is 4.31 Å². The second-order valence-corrected chi connectivity index (χ2v) is 9.65. The van der Waals surface area contributed by atoms with E-state index in [9.17, 15) is 18.3 Å². The first kappa shape index (κ1) is 21.5. The summed E-state index contributed by atoms with van der Waals surface area (Å²) < 4.78 is 26.6. The molecule has 7 heteroatoms. The number of sulfonamides is 1. The van der Waals surface area contributed by atoms with Crippen LogP contribution in [0.2, 0.25) is 0 Å². The molecule has 0 heterocycles. The molecule has 2 atom stereocenters. The molecule has 1 fully saturated rings. The number of rotatable bonds is 6. The van der Waals surface area contributed by atoms with Gasteiger partial charge in [0.05, 0.1) is 17.0 Å². The van der Waals surface area contributed by atoms with Crippen LogP contribution in [0.4, 0.5) is 0 Å². The lowest BCUT2D eigenvalue weighted by molar-refractivity contribution is 0.0268. The second kappa shape index (κ2) is 9.07. The number of hydrogen-bond donors (Lipinski definition) is 1. The smallest absolute Gasteiger partial charge is 0.253 e. The van der Waals surface area contributed by atoms with Crippen LogP contribution in [0, 0.1) is 0 Å². The summed E-state index contributed by atoms with van der Waals surface area (Å²) in [6.45, 7) is 0.211. The molecular weight excluding hydrogens is 388 g/mol. The Morgan fingerprint density at radius 3 is 2.24 bits per heavy atom. The van der Waals surface area contributed by atoms with E-state index in [1.54, 1.807) is 73.6 Å². The average molecular weight is 417 g/mol. The van der Waals surface area contributed by atoms with E-state index in [1.165, 1.54) is 4.31 Å². The summed E-state index contributed by atoms with van der Waals surface area (Å²) in [5.41, 5.74) is 1.33. The van der Waals surface area contributed by atoms with Crippen molar-refractivity contribution in [3.05, 3.63) is 65.7 Å². The Hall–Kier alpha value is -2.22. The summed E-state index contributed by atoms with van der Waals surface area (Å²) in [6, 6.07) is 15.1. The summed E-state index contributed by atoms with van der Waals surface area (Å²) in [4.78, 5) is 14.7. The molecule has 156 valence electrons. The number of nitrogens with zero attached hydrogens (tertiary/aromatic N) is 2. The zero-order chi connectivity index (χ0) is 21.0. The van der Waals surface area contributed by atoms with Crippen molar-refractivity contribution in [1.82, 2.24) is 9.21 Å². The molecule has 0 bridgehead atoms. The lowest BCUT2D eigenvalue weighted by Crippen LogP contribution is -2.46. The van der Waals surface area contributed by atoms with Crippen molar-refractivity contribution < 1.29 is 18.3 Å². The maximum atomic E-state index is 12.8. The summed E-state index contributed by atoms with van der Waals surface area (Å²) >= 11 is 0. The number of hydrogen-bond acceptors (Lipinski definition) is 4. The molecule has 2 aromatic rings. The van der Waals surface area contributed by atoms with Gasteiger partial charge in [0.15, 0.2) is 0 Å². The third-order valence-corrected chi connectivity index (χ3v) is 7.39. The molecule has 1 aliphatic rings. The predicted molar refractivity (Wildman–Crippen MR) is 112 cm³/mol. The maximum absolute atomic E-state index is 12.8. The molecule has 1 amide bonds. The van der Waals surface area contributed by atoms with E-state index in [-0.39, 0.29) is 23.4 Å². The van der Waals surface area contributed by atoms with Gasteiger partial charge < -0.3 is 10.0 Å². The van der Waals surface area contributed by atoms with Crippen LogP contribution in [0.5, 0.6) is 0 Å². The molecular formula is C22H28N2O4S. The second-order valence-electron chi connectivity index (χ2n) is 7.61. The molecule has 0 saturated heterocycles. The molecule has 29 heavy (non-hydrogen) atoms. The monoisotopic (exact) mass is 416 g/mol. The van der Waals surface area contributed by atoms with Gasteiger partial charge >= 0.3 is 0 Å². The van der Waals surface area contributed by atoms with Crippen LogP contribution in [0.3, 0.4) is 0 Å². The Labute approximate surface area is 172 Å². The molecule has 2 aromatic carbocycles. The van der Waals surface area contributed by atoms with Crippen molar-refractivity contribution in [3.8, 4) is 0 Å². The molecule has 1 aliphatic carbocycles. The van der Waals surface area contributed by atoms with Crippen LogP contribution in [0.25, 0.3) is 0 Å². The van der Waals surface area contributed by atoms with Crippen molar-refractivity contribution >= 4 is 15.9 Å². The summed E-state index contributed by atoms with van der Waals surface area (Å²) in [7, 11) is -0.294. The fraction of sp³-hybridized carbons (Fsp3) is 0.409. The molecule has 0 aromatic heterocycles. The Morgan fingerprint density at radius 2 is 1.62 bits per heavy atom. The van der Waals surface area contributed by atoms with E-state index >= 15 is 0 Å². The quantitative estimate of drug-likeness (QED) is 0.785. The topological polar surface area (TPSA) is 77.9 Å². The van der Waals surface area contributed by atoms with E-state index in [0.29, 0.717) is 5.56 Å². The largest absolute Gasteiger partial charge is 0.391 e. The predicted octanol–water partition coefficient (Wildman–Crippen LogP) is 2.88. The first-order valence-electron chi connectivity index (χ1n) is 9.86. The lowest BCUT2D eigenvalue weighted by atomic mass is 9.91. The van der Waals surface area contributed by atoms with E-state index < -0.39 is 16.1 Å². The number of benzene rings is 2. The Morgan fingerprint density at radius 1 is 1.00 bits per heavy atom. The van der Waals surface area contributed by atoms with E-state index in [0.717, 1.165) is 31.2 Å². The highest BCUT2D eigenvalue weighted by molar-refractivity contribution is 7.89. The minimum absolute atomic E-state index is 0.132. The SMILES string of the molecule is CN(C(=O)c1ccc(CN(C)S(=O)(=O)c2ccccc2)cc1)[C@@H]1CCCC[C@@H]1O. The van der Waals surface area contributed by atoms with Gasteiger partial charge in [-0.3, -0.25) is 4.79 Å². The average Bonchev–Trinajstić information content (AvgIpc) is 2.74. The lowest BCUT2D eigenvalue weighted by Gasteiger charge is -2.35. The summed E-state index contributed by atoms with van der Waals surface area (Å²) in [6.07, 6.45) is 3.07. The highest BCUT2D eigenvalue weighted by atomic mass is 32.2. The van der Waals surface area contributed by atoms with Crippen molar-refractivity contribution in [3.63, 3.8) is 0 Å². The van der Waals surface area contributed by atoms with Gasteiger partial charge in [-0.05, 0) is 42.7 Å².